The summed E-state index contributed by atoms with van der Waals surface area (Å²) in [6.45, 7) is 5.82. The van der Waals surface area contributed by atoms with Crippen molar-refractivity contribution in [2.75, 3.05) is 13.1 Å². The molecule has 0 N–H and O–H groups in total. The Labute approximate surface area is 105 Å². The van der Waals surface area contributed by atoms with Crippen molar-refractivity contribution >= 4 is 5.91 Å². The SMILES string of the molecule is CCCC1CCCN(C(=O)C(C#N)CC)CC1. The molecule has 3 nitrogen and oxygen atoms in total. The second-order valence-corrected chi connectivity index (χ2v) is 5.00. The van der Waals surface area contributed by atoms with E-state index in [-0.39, 0.29) is 5.91 Å². The Bertz CT molecular complexity index is 282. The third-order valence-corrected chi connectivity index (χ3v) is 3.72. The molecule has 1 fully saturated rings. The summed E-state index contributed by atoms with van der Waals surface area (Å²) in [7, 11) is 0. The maximum Gasteiger partial charge on any atom is 0.239 e. The van der Waals surface area contributed by atoms with Crippen LogP contribution < -0.4 is 0 Å². The molecular weight excluding hydrogens is 212 g/mol. The minimum Gasteiger partial charge on any atom is -0.342 e. The minimum atomic E-state index is -0.433. The number of carbonyl (C=O) groups excluding carboxylic acids is 1. The Morgan fingerprint density at radius 3 is 2.76 bits per heavy atom. The van der Waals surface area contributed by atoms with Crippen molar-refractivity contribution in [1.82, 2.24) is 4.90 Å². The van der Waals surface area contributed by atoms with Gasteiger partial charge < -0.3 is 4.90 Å². The van der Waals surface area contributed by atoms with Crippen molar-refractivity contribution in [3.63, 3.8) is 0 Å². The average Bonchev–Trinajstić information content (AvgIpc) is 2.57. The van der Waals surface area contributed by atoms with Gasteiger partial charge in [0.05, 0.1) is 6.07 Å². The second kappa shape index (κ2) is 7.32. The summed E-state index contributed by atoms with van der Waals surface area (Å²) in [5, 5.41) is 8.94. The summed E-state index contributed by atoms with van der Waals surface area (Å²) in [4.78, 5) is 14.0. The van der Waals surface area contributed by atoms with E-state index < -0.39 is 5.92 Å². The number of carbonyl (C=O) groups is 1. The van der Waals surface area contributed by atoms with E-state index in [1.807, 2.05) is 11.8 Å². The Hall–Kier alpha value is -1.04. The van der Waals surface area contributed by atoms with E-state index in [0.717, 1.165) is 31.8 Å². The first kappa shape index (κ1) is 14.0. The summed E-state index contributed by atoms with van der Waals surface area (Å²) >= 11 is 0. The summed E-state index contributed by atoms with van der Waals surface area (Å²) in [6.07, 6.45) is 6.58. The number of amides is 1. The predicted octanol–water partition coefficient (Wildman–Crippen LogP) is 2.96. The number of likely N-dealkylation sites (tertiary alicyclic amines) is 1. The summed E-state index contributed by atoms with van der Waals surface area (Å²) < 4.78 is 0. The molecule has 1 rings (SSSR count). The first-order valence-electron chi connectivity index (χ1n) is 6.91. The standard InChI is InChI=1S/C14H24N2O/c1-3-6-12-7-5-9-16(10-8-12)14(17)13(4-2)11-15/h12-13H,3-10H2,1-2H3. The van der Waals surface area contributed by atoms with Crippen molar-refractivity contribution in [2.24, 2.45) is 11.8 Å². The molecule has 2 atom stereocenters. The summed E-state index contributed by atoms with van der Waals surface area (Å²) in [5.74, 6) is 0.393. The van der Waals surface area contributed by atoms with Crippen LogP contribution in [-0.4, -0.2) is 23.9 Å². The highest BCUT2D eigenvalue weighted by Gasteiger charge is 2.25. The first-order valence-corrected chi connectivity index (χ1v) is 6.91. The maximum atomic E-state index is 12.1. The monoisotopic (exact) mass is 236 g/mol. The van der Waals surface area contributed by atoms with Crippen LogP contribution in [0.2, 0.25) is 0 Å². The van der Waals surface area contributed by atoms with Crippen LogP contribution in [-0.2, 0) is 4.79 Å². The highest BCUT2D eigenvalue weighted by Crippen LogP contribution is 2.23. The lowest BCUT2D eigenvalue weighted by Crippen LogP contribution is -2.36. The van der Waals surface area contributed by atoms with E-state index in [1.165, 1.54) is 19.3 Å². The Morgan fingerprint density at radius 1 is 1.41 bits per heavy atom. The first-order chi connectivity index (χ1) is 8.22. The largest absolute Gasteiger partial charge is 0.342 e. The predicted molar refractivity (Wildman–Crippen MR) is 68.2 cm³/mol. The molecule has 0 aromatic carbocycles. The minimum absolute atomic E-state index is 0.0483. The van der Waals surface area contributed by atoms with Crippen molar-refractivity contribution in [3.8, 4) is 6.07 Å². The average molecular weight is 236 g/mol. The molecule has 0 aromatic rings. The molecule has 1 aliphatic rings. The fourth-order valence-corrected chi connectivity index (χ4v) is 2.62. The third kappa shape index (κ3) is 4.03. The van der Waals surface area contributed by atoms with Crippen molar-refractivity contribution in [1.29, 1.82) is 5.26 Å². The van der Waals surface area contributed by atoms with E-state index in [4.69, 9.17) is 5.26 Å². The third-order valence-electron chi connectivity index (χ3n) is 3.72. The molecule has 0 radical (unpaired) electrons. The lowest BCUT2D eigenvalue weighted by molar-refractivity contribution is -0.133. The number of hydrogen-bond donors (Lipinski definition) is 0. The van der Waals surface area contributed by atoms with Gasteiger partial charge in [0.2, 0.25) is 5.91 Å². The van der Waals surface area contributed by atoms with Gasteiger partial charge in [0.15, 0.2) is 0 Å². The molecule has 0 saturated carbocycles. The van der Waals surface area contributed by atoms with Crippen LogP contribution in [0, 0.1) is 23.2 Å². The zero-order valence-electron chi connectivity index (χ0n) is 11.1. The van der Waals surface area contributed by atoms with Gasteiger partial charge in [-0.15, -0.1) is 0 Å². The normalized spacial score (nSPS) is 22.6. The van der Waals surface area contributed by atoms with Crippen molar-refractivity contribution in [2.45, 2.75) is 52.4 Å². The summed E-state index contributed by atoms with van der Waals surface area (Å²) in [6, 6.07) is 2.11. The van der Waals surface area contributed by atoms with Gasteiger partial charge in [-0.05, 0) is 31.6 Å². The van der Waals surface area contributed by atoms with Crippen LogP contribution in [0.5, 0.6) is 0 Å². The quantitative estimate of drug-likeness (QED) is 0.753. The van der Waals surface area contributed by atoms with Crippen LogP contribution in [0.4, 0.5) is 0 Å². The fraction of sp³-hybridized carbons (Fsp3) is 0.857. The van der Waals surface area contributed by atoms with Crippen LogP contribution >= 0.6 is 0 Å². The highest BCUT2D eigenvalue weighted by molar-refractivity contribution is 5.81. The Kier molecular flexibility index (Phi) is 6.04. The van der Waals surface area contributed by atoms with E-state index in [1.54, 1.807) is 0 Å². The van der Waals surface area contributed by atoms with Crippen molar-refractivity contribution < 1.29 is 4.79 Å². The maximum absolute atomic E-state index is 12.1. The lowest BCUT2D eigenvalue weighted by Gasteiger charge is -2.22. The molecule has 1 saturated heterocycles. The number of nitrogens with zero attached hydrogens (tertiary/aromatic N) is 2. The van der Waals surface area contributed by atoms with E-state index in [0.29, 0.717) is 6.42 Å². The Morgan fingerprint density at radius 2 is 2.18 bits per heavy atom. The molecule has 1 aliphatic heterocycles. The van der Waals surface area contributed by atoms with Crippen LogP contribution in [0.25, 0.3) is 0 Å². The van der Waals surface area contributed by atoms with Crippen LogP contribution in [0.15, 0.2) is 0 Å². The smallest absolute Gasteiger partial charge is 0.239 e. The second-order valence-electron chi connectivity index (χ2n) is 5.00. The number of hydrogen-bond acceptors (Lipinski definition) is 2. The molecule has 0 spiro atoms. The molecule has 0 aliphatic carbocycles. The lowest BCUT2D eigenvalue weighted by atomic mass is 9.96. The zero-order valence-corrected chi connectivity index (χ0v) is 11.1. The van der Waals surface area contributed by atoms with Gasteiger partial charge in [-0.2, -0.15) is 5.26 Å². The van der Waals surface area contributed by atoms with E-state index in [2.05, 4.69) is 13.0 Å². The van der Waals surface area contributed by atoms with Gasteiger partial charge in [0.25, 0.3) is 0 Å². The Balaban J connectivity index is 2.51. The van der Waals surface area contributed by atoms with Gasteiger partial charge >= 0.3 is 0 Å². The molecule has 0 aromatic heterocycles. The molecular formula is C14H24N2O. The highest BCUT2D eigenvalue weighted by atomic mass is 16.2. The number of nitriles is 1. The van der Waals surface area contributed by atoms with Gasteiger partial charge in [0.1, 0.15) is 5.92 Å². The van der Waals surface area contributed by atoms with Gasteiger partial charge in [-0.25, -0.2) is 0 Å². The van der Waals surface area contributed by atoms with Gasteiger partial charge in [-0.3, -0.25) is 4.79 Å². The number of rotatable bonds is 4. The topological polar surface area (TPSA) is 44.1 Å². The molecule has 1 heterocycles. The summed E-state index contributed by atoms with van der Waals surface area (Å²) in [5.41, 5.74) is 0. The zero-order chi connectivity index (χ0) is 12.7. The van der Waals surface area contributed by atoms with Crippen LogP contribution in [0.3, 0.4) is 0 Å². The molecule has 96 valence electrons. The van der Waals surface area contributed by atoms with Gasteiger partial charge in [-0.1, -0.05) is 26.7 Å². The molecule has 1 amide bonds. The van der Waals surface area contributed by atoms with Gasteiger partial charge in [0, 0.05) is 13.1 Å². The molecule has 0 bridgehead atoms. The molecule has 3 heteroatoms. The van der Waals surface area contributed by atoms with Crippen molar-refractivity contribution in [3.05, 3.63) is 0 Å². The molecule has 2 unspecified atom stereocenters. The van der Waals surface area contributed by atoms with E-state index in [9.17, 15) is 4.79 Å². The van der Waals surface area contributed by atoms with Crippen LogP contribution in [0.1, 0.15) is 52.4 Å². The molecule has 17 heavy (non-hydrogen) atoms. The fourth-order valence-electron chi connectivity index (χ4n) is 2.62. The van der Waals surface area contributed by atoms with E-state index >= 15 is 0 Å².